The van der Waals surface area contributed by atoms with Crippen molar-refractivity contribution < 1.29 is 33.9 Å². The lowest BCUT2D eigenvalue weighted by Gasteiger charge is -2.37. The number of nitro benzene ring substituents is 1. The van der Waals surface area contributed by atoms with E-state index in [1.54, 1.807) is 29.0 Å². The molecule has 53 heavy (non-hydrogen) atoms. The Labute approximate surface area is 310 Å². The van der Waals surface area contributed by atoms with Crippen molar-refractivity contribution in [2.45, 2.75) is 101 Å². The lowest BCUT2D eigenvalue weighted by atomic mass is 9.82. The maximum absolute atomic E-state index is 14.9. The Kier molecular flexibility index (Phi) is 10.0. The molecule has 3 aromatic carbocycles. The number of non-ortho nitro benzene ring substituents is 1. The molecule has 5 atom stereocenters. The molecule has 2 saturated heterocycles. The maximum Gasteiger partial charge on any atom is 0.269 e. The zero-order chi connectivity index (χ0) is 37.7. The van der Waals surface area contributed by atoms with Gasteiger partial charge in [0.05, 0.1) is 42.3 Å². The molecule has 0 radical (unpaired) electrons. The van der Waals surface area contributed by atoms with Gasteiger partial charge in [0.15, 0.2) is 13.9 Å². The molecule has 4 aliphatic heterocycles. The summed E-state index contributed by atoms with van der Waals surface area (Å²) in [7, 11) is -3.14. The van der Waals surface area contributed by atoms with Crippen LogP contribution in [0.3, 0.4) is 0 Å². The number of aliphatic hydroxyl groups excluding tert-OH is 1. The fourth-order valence-corrected chi connectivity index (χ4v) is 11.8. The number of nitro groups is 1. The van der Waals surface area contributed by atoms with Gasteiger partial charge in [0, 0.05) is 54.4 Å². The third-order valence-corrected chi connectivity index (χ3v) is 14.4. The van der Waals surface area contributed by atoms with Crippen molar-refractivity contribution in [1.82, 2.24) is 4.90 Å². The Bertz CT molecular complexity index is 1910. The summed E-state index contributed by atoms with van der Waals surface area (Å²) < 4.78 is 6.84. The summed E-state index contributed by atoms with van der Waals surface area (Å²) in [6, 6.07) is 19.3. The van der Waals surface area contributed by atoms with Crippen LogP contribution in [0.2, 0.25) is 18.6 Å². The second-order valence-electron chi connectivity index (χ2n) is 15.6. The number of carbonyl (C=O) groups is 3. The van der Waals surface area contributed by atoms with E-state index in [1.165, 1.54) is 12.1 Å². The van der Waals surface area contributed by atoms with Gasteiger partial charge in [-0.25, -0.2) is 0 Å². The fourth-order valence-electron chi connectivity index (χ4n) is 9.26. The van der Waals surface area contributed by atoms with E-state index in [0.717, 1.165) is 48.1 Å². The lowest BCUT2D eigenvalue weighted by molar-refractivity contribution is -0.385. The minimum Gasteiger partial charge on any atom is -0.432 e. The second kappa shape index (κ2) is 14.4. The Morgan fingerprint density at radius 1 is 1.02 bits per heavy atom. The van der Waals surface area contributed by atoms with E-state index in [4.69, 9.17) is 4.74 Å². The molecule has 0 aliphatic carbocycles. The van der Waals surface area contributed by atoms with Crippen LogP contribution in [0.15, 0.2) is 66.7 Å². The van der Waals surface area contributed by atoms with Gasteiger partial charge in [0.2, 0.25) is 11.8 Å². The van der Waals surface area contributed by atoms with Crippen molar-refractivity contribution in [1.29, 1.82) is 0 Å². The molecular weight excluding hydrogens is 693 g/mol. The number of nitrogens with zero attached hydrogens (tertiary/aromatic N) is 4. The predicted octanol–water partition coefficient (Wildman–Crippen LogP) is 5.57. The third-order valence-electron chi connectivity index (χ3n) is 11.9. The van der Waals surface area contributed by atoms with Crippen molar-refractivity contribution in [2.24, 2.45) is 5.92 Å². The summed E-state index contributed by atoms with van der Waals surface area (Å²) >= 11 is 0. The van der Waals surface area contributed by atoms with Crippen molar-refractivity contribution in [3.05, 3.63) is 99.1 Å². The highest BCUT2D eigenvalue weighted by molar-refractivity contribution is 6.71. The molecule has 0 aromatic heterocycles. The van der Waals surface area contributed by atoms with Crippen LogP contribution >= 0.6 is 0 Å². The molecule has 4 aliphatic rings. The van der Waals surface area contributed by atoms with Crippen LogP contribution in [0.25, 0.3) is 0 Å². The quantitative estimate of drug-likeness (QED) is 0.173. The Morgan fingerprint density at radius 2 is 1.74 bits per heavy atom. The van der Waals surface area contributed by atoms with Crippen molar-refractivity contribution in [3.63, 3.8) is 0 Å². The summed E-state index contributed by atoms with van der Waals surface area (Å²) in [5.74, 6) is -1.17. The highest BCUT2D eigenvalue weighted by Crippen LogP contribution is 2.60. The monoisotopic (exact) mass is 740 g/mol. The summed E-state index contributed by atoms with van der Waals surface area (Å²) in [4.78, 5) is 70.3. The van der Waals surface area contributed by atoms with Gasteiger partial charge >= 0.3 is 0 Å². The summed E-state index contributed by atoms with van der Waals surface area (Å²) in [6.07, 6.45) is 4.01. The number of benzene rings is 3. The van der Waals surface area contributed by atoms with E-state index in [9.17, 15) is 34.4 Å². The number of amides is 3. The van der Waals surface area contributed by atoms with Gasteiger partial charge < -0.3 is 29.3 Å². The lowest BCUT2D eigenvalue weighted by Crippen LogP contribution is -2.48. The minimum absolute atomic E-state index is 0.104. The maximum atomic E-state index is 14.9. The summed E-state index contributed by atoms with van der Waals surface area (Å²) in [6.45, 7) is 6.30. The molecule has 0 unspecified atom stereocenters. The third kappa shape index (κ3) is 6.68. The van der Waals surface area contributed by atoms with Crippen molar-refractivity contribution in [3.8, 4) is 0 Å². The Balaban J connectivity index is 1.21. The number of hydrogen-bond acceptors (Lipinski definition) is 8. The van der Waals surface area contributed by atoms with E-state index in [-0.39, 0.29) is 37.1 Å². The molecule has 2 fully saturated rings. The molecule has 12 nitrogen and oxygen atoms in total. The smallest absolute Gasteiger partial charge is 0.269 e. The molecule has 1 spiro atoms. The minimum atomic E-state index is -3.14. The summed E-state index contributed by atoms with van der Waals surface area (Å²) in [5.41, 5.74) is 2.09. The SMILES string of the molecule is C[C@@H]1[C@@H]([Si](C)(C)O)[C@H](CC(=O)N2Cc3ccccc3C[C@H]2CO)O[C@@]12C(=O)N(Cc1ccc(N3CCCCCCC3=O)cc1)c1ccc([N+](=O)[O-])cc12. The van der Waals surface area contributed by atoms with Gasteiger partial charge in [-0.2, -0.15) is 0 Å². The van der Waals surface area contributed by atoms with E-state index in [1.807, 2.05) is 60.4 Å². The van der Waals surface area contributed by atoms with Gasteiger partial charge in [-0.15, -0.1) is 0 Å². The largest absolute Gasteiger partial charge is 0.432 e. The predicted molar refractivity (Wildman–Crippen MR) is 202 cm³/mol. The van der Waals surface area contributed by atoms with Gasteiger partial charge in [0.25, 0.3) is 11.6 Å². The molecule has 2 N–H and O–H groups in total. The number of anilines is 2. The standard InChI is InChI=1S/C40H48N4O8Si/c1-26-38(53(2,3)51)35(22-37(47)42-24-29-11-8-7-10-28(29)20-32(42)25-45)52-40(26)33-21-31(44(49)50)17-18-34(33)43(39(40)48)23-27-13-15-30(16-14-27)41-19-9-5-4-6-12-36(41)46/h7-8,10-11,13-18,21,26,32,35,38,45,51H,4-6,9,12,19-20,22-25H2,1-3H3/t26-,32+,35+,38-,40+/m1/s1. The highest BCUT2D eigenvalue weighted by Gasteiger charge is 2.66. The molecule has 4 heterocycles. The van der Waals surface area contributed by atoms with E-state index in [0.29, 0.717) is 37.2 Å². The van der Waals surface area contributed by atoms with Crippen LogP contribution in [0.5, 0.6) is 0 Å². The number of hydrogen-bond donors (Lipinski definition) is 2. The average molecular weight is 741 g/mol. The average Bonchev–Trinajstić information content (AvgIpc) is 3.55. The first-order valence-corrected chi connectivity index (χ1v) is 21.7. The molecule has 0 saturated carbocycles. The molecule has 3 aromatic rings. The van der Waals surface area contributed by atoms with Gasteiger partial charge in [-0.1, -0.05) is 56.2 Å². The number of rotatable bonds is 8. The van der Waals surface area contributed by atoms with Crippen molar-refractivity contribution >= 4 is 43.1 Å². The topological polar surface area (TPSA) is 154 Å². The number of fused-ring (bicyclic) bond motifs is 3. The van der Waals surface area contributed by atoms with Crippen LogP contribution < -0.4 is 9.80 Å². The normalized spacial score (nSPS) is 26.0. The fraction of sp³-hybridized carbons (Fsp3) is 0.475. The van der Waals surface area contributed by atoms with E-state index >= 15 is 0 Å². The highest BCUT2D eigenvalue weighted by atomic mass is 28.4. The van der Waals surface area contributed by atoms with E-state index in [2.05, 4.69) is 0 Å². The van der Waals surface area contributed by atoms with E-state index < -0.39 is 48.4 Å². The van der Waals surface area contributed by atoms with Crippen LogP contribution in [0.4, 0.5) is 17.1 Å². The van der Waals surface area contributed by atoms with Crippen LogP contribution in [0.1, 0.15) is 67.7 Å². The molecule has 13 heteroatoms. The molecule has 7 rings (SSSR count). The first-order valence-electron chi connectivity index (χ1n) is 18.7. The first-order chi connectivity index (χ1) is 25.3. The van der Waals surface area contributed by atoms with Crippen LogP contribution in [0, 0.1) is 16.0 Å². The zero-order valence-corrected chi connectivity index (χ0v) is 31.6. The number of aliphatic hydroxyl groups is 1. The van der Waals surface area contributed by atoms with Gasteiger partial charge in [0.1, 0.15) is 0 Å². The molecule has 0 bridgehead atoms. The number of carbonyl (C=O) groups excluding carboxylic acids is 3. The second-order valence-corrected chi connectivity index (χ2v) is 19.6. The number of ether oxygens (including phenoxy) is 1. The molecular formula is C40H48N4O8Si. The zero-order valence-electron chi connectivity index (χ0n) is 30.6. The molecule has 280 valence electrons. The van der Waals surface area contributed by atoms with Crippen LogP contribution in [-0.2, 0) is 44.2 Å². The van der Waals surface area contributed by atoms with Gasteiger partial charge in [-0.3, -0.25) is 24.5 Å². The summed E-state index contributed by atoms with van der Waals surface area (Å²) in [5, 5.41) is 22.3. The molecule has 3 amide bonds. The first kappa shape index (κ1) is 36.9. The van der Waals surface area contributed by atoms with Gasteiger partial charge in [-0.05, 0) is 67.2 Å². The Hall–Kier alpha value is -4.43. The van der Waals surface area contributed by atoms with Crippen molar-refractivity contribution in [2.75, 3.05) is 23.0 Å². The van der Waals surface area contributed by atoms with Crippen LogP contribution in [-0.4, -0.2) is 71.1 Å². The Morgan fingerprint density at radius 3 is 2.43 bits per heavy atom.